The van der Waals surface area contributed by atoms with Gasteiger partial charge in [-0.05, 0) is 83.5 Å². The maximum absolute atomic E-state index is 12.9. The molecular formula is C66H120O6. The van der Waals surface area contributed by atoms with Crippen molar-refractivity contribution < 1.29 is 28.6 Å². The molecule has 72 heavy (non-hydrogen) atoms. The summed E-state index contributed by atoms with van der Waals surface area (Å²) in [6.07, 6.45) is 75.4. The van der Waals surface area contributed by atoms with Gasteiger partial charge in [0, 0.05) is 19.3 Å². The number of ether oxygens (including phenoxy) is 3. The third-order valence-electron chi connectivity index (χ3n) is 14.1. The molecule has 0 bridgehead atoms. The van der Waals surface area contributed by atoms with Gasteiger partial charge < -0.3 is 14.2 Å². The molecule has 0 aliphatic heterocycles. The zero-order valence-corrected chi connectivity index (χ0v) is 48.2. The van der Waals surface area contributed by atoms with E-state index in [1.165, 1.54) is 212 Å². The van der Waals surface area contributed by atoms with Gasteiger partial charge in [0.1, 0.15) is 13.2 Å². The van der Waals surface area contributed by atoms with Crippen LogP contribution >= 0.6 is 0 Å². The van der Waals surface area contributed by atoms with Crippen molar-refractivity contribution in [3.8, 4) is 0 Å². The number of esters is 3. The van der Waals surface area contributed by atoms with E-state index in [1.807, 2.05) is 0 Å². The molecule has 0 radical (unpaired) electrons. The molecule has 1 unspecified atom stereocenters. The molecule has 0 aromatic rings. The Balaban J connectivity index is 4.30. The highest BCUT2D eigenvalue weighted by atomic mass is 16.6. The lowest BCUT2D eigenvalue weighted by atomic mass is 10.0. The van der Waals surface area contributed by atoms with Gasteiger partial charge in [0.25, 0.3) is 0 Å². The van der Waals surface area contributed by atoms with Crippen molar-refractivity contribution >= 4 is 17.9 Å². The topological polar surface area (TPSA) is 78.9 Å². The summed E-state index contributed by atoms with van der Waals surface area (Å²) in [5.74, 6) is -0.873. The highest BCUT2D eigenvalue weighted by molar-refractivity contribution is 5.71. The molecule has 0 amide bonds. The van der Waals surface area contributed by atoms with Gasteiger partial charge in [-0.25, -0.2) is 0 Å². The van der Waals surface area contributed by atoms with E-state index in [9.17, 15) is 14.4 Å². The maximum Gasteiger partial charge on any atom is 0.306 e. The molecule has 0 rings (SSSR count). The number of rotatable bonds is 58. The highest BCUT2D eigenvalue weighted by Crippen LogP contribution is 2.17. The zero-order chi connectivity index (χ0) is 52.2. The van der Waals surface area contributed by atoms with Crippen molar-refractivity contribution in [2.45, 2.75) is 341 Å². The normalized spacial score (nSPS) is 12.3. The second kappa shape index (κ2) is 60.9. The monoisotopic (exact) mass is 1010 g/mol. The number of hydrogen-bond donors (Lipinski definition) is 0. The van der Waals surface area contributed by atoms with Gasteiger partial charge in [-0.1, -0.05) is 281 Å². The molecule has 6 heteroatoms. The Morgan fingerprint density at radius 2 is 0.500 bits per heavy atom. The summed E-state index contributed by atoms with van der Waals surface area (Å²) in [5, 5.41) is 0. The first-order valence-electron chi connectivity index (χ1n) is 31.6. The molecule has 0 aromatic heterocycles. The van der Waals surface area contributed by atoms with Crippen LogP contribution in [0.3, 0.4) is 0 Å². The van der Waals surface area contributed by atoms with E-state index in [4.69, 9.17) is 14.2 Å². The van der Waals surface area contributed by atoms with E-state index < -0.39 is 6.10 Å². The minimum atomic E-state index is -0.778. The Hall–Kier alpha value is -2.63. The molecular weight excluding hydrogens is 889 g/mol. The van der Waals surface area contributed by atoms with Gasteiger partial charge in [0.2, 0.25) is 0 Å². The number of allylic oxidation sites excluding steroid dienone is 8. The fraction of sp³-hybridized carbons (Fsp3) is 0.833. The first-order chi connectivity index (χ1) is 35.5. The number of carbonyl (C=O) groups excluding carboxylic acids is 3. The summed E-state index contributed by atoms with van der Waals surface area (Å²) in [4.78, 5) is 38.2. The van der Waals surface area contributed by atoms with Crippen LogP contribution in [0.15, 0.2) is 48.6 Å². The quantitative estimate of drug-likeness (QED) is 0.0261. The molecule has 0 saturated carbocycles. The van der Waals surface area contributed by atoms with Crippen molar-refractivity contribution in [1.82, 2.24) is 0 Å². The minimum Gasteiger partial charge on any atom is -0.462 e. The molecule has 0 N–H and O–H groups in total. The molecule has 1 atom stereocenters. The van der Waals surface area contributed by atoms with Gasteiger partial charge in [0.05, 0.1) is 0 Å². The third-order valence-corrected chi connectivity index (χ3v) is 14.1. The van der Waals surface area contributed by atoms with E-state index in [2.05, 4.69) is 69.4 Å². The summed E-state index contributed by atoms with van der Waals surface area (Å²) in [6.45, 7) is 6.64. The minimum absolute atomic E-state index is 0.0764. The first kappa shape index (κ1) is 69.4. The van der Waals surface area contributed by atoms with E-state index in [-0.39, 0.29) is 31.1 Å². The van der Waals surface area contributed by atoms with Crippen LogP contribution in [0, 0.1) is 0 Å². The predicted molar refractivity (Wildman–Crippen MR) is 312 cm³/mol. The number of carbonyl (C=O) groups is 3. The van der Waals surface area contributed by atoms with Crippen LogP contribution in [0.5, 0.6) is 0 Å². The van der Waals surface area contributed by atoms with Crippen LogP contribution < -0.4 is 0 Å². The van der Waals surface area contributed by atoms with Gasteiger partial charge in [0.15, 0.2) is 6.10 Å². The first-order valence-corrected chi connectivity index (χ1v) is 31.6. The second-order valence-corrected chi connectivity index (χ2v) is 21.3. The molecule has 6 nitrogen and oxygen atoms in total. The molecule has 0 aliphatic rings. The molecule has 0 fully saturated rings. The van der Waals surface area contributed by atoms with Crippen LogP contribution in [0.25, 0.3) is 0 Å². The van der Waals surface area contributed by atoms with Gasteiger partial charge in [-0.15, -0.1) is 0 Å². The summed E-state index contributed by atoms with van der Waals surface area (Å²) in [6, 6.07) is 0. The average molecular weight is 1010 g/mol. The van der Waals surface area contributed by atoms with E-state index in [0.29, 0.717) is 19.3 Å². The summed E-state index contributed by atoms with van der Waals surface area (Å²) < 4.78 is 16.9. The second-order valence-electron chi connectivity index (χ2n) is 21.3. The van der Waals surface area contributed by atoms with E-state index in [1.54, 1.807) is 0 Å². The van der Waals surface area contributed by atoms with Gasteiger partial charge in [-0.3, -0.25) is 14.4 Å². The Morgan fingerprint density at radius 3 is 0.819 bits per heavy atom. The predicted octanol–water partition coefficient (Wildman–Crippen LogP) is 21.4. The summed E-state index contributed by atoms with van der Waals surface area (Å²) in [7, 11) is 0. The molecule has 420 valence electrons. The standard InChI is InChI=1S/C66H120O6/c1-4-7-10-13-16-19-22-25-27-29-31-32-33-34-36-37-39-41-44-47-50-53-56-59-65(68)71-62-63(61-70-64(67)58-55-52-49-46-43-24-21-18-15-12-9-6-3)72-66(69)60-57-54-51-48-45-42-40-38-35-30-28-26-23-20-17-14-11-8-5-2/h18,21-22,25,29,31,33-34,63H,4-17,19-20,23-24,26-28,30,32,35-62H2,1-3H3/b21-18-,25-22-,31-29-,34-33-. The van der Waals surface area contributed by atoms with E-state index >= 15 is 0 Å². The van der Waals surface area contributed by atoms with Crippen LogP contribution in [0.1, 0.15) is 335 Å². The fourth-order valence-corrected chi connectivity index (χ4v) is 9.27. The molecule has 0 aromatic carbocycles. The Labute approximate surface area is 448 Å². The fourth-order valence-electron chi connectivity index (χ4n) is 9.27. The van der Waals surface area contributed by atoms with Gasteiger partial charge >= 0.3 is 17.9 Å². The van der Waals surface area contributed by atoms with Crippen molar-refractivity contribution in [3.63, 3.8) is 0 Å². The van der Waals surface area contributed by atoms with Crippen molar-refractivity contribution in [2.75, 3.05) is 13.2 Å². The smallest absolute Gasteiger partial charge is 0.306 e. The number of hydrogen-bond acceptors (Lipinski definition) is 6. The average Bonchev–Trinajstić information content (AvgIpc) is 3.38. The Bertz CT molecular complexity index is 1250. The molecule has 0 saturated heterocycles. The lowest BCUT2D eigenvalue weighted by Crippen LogP contribution is -2.30. The Kier molecular flexibility index (Phi) is 58.7. The third kappa shape index (κ3) is 58.3. The summed E-state index contributed by atoms with van der Waals surface area (Å²) in [5.41, 5.74) is 0. The van der Waals surface area contributed by atoms with Crippen LogP contribution in [0.4, 0.5) is 0 Å². The van der Waals surface area contributed by atoms with Crippen molar-refractivity contribution in [2.24, 2.45) is 0 Å². The lowest BCUT2D eigenvalue weighted by Gasteiger charge is -2.18. The summed E-state index contributed by atoms with van der Waals surface area (Å²) >= 11 is 0. The van der Waals surface area contributed by atoms with Crippen LogP contribution in [-0.4, -0.2) is 37.2 Å². The number of unbranched alkanes of at least 4 members (excludes halogenated alkanes) is 39. The molecule has 0 spiro atoms. The SMILES string of the molecule is CCCCC/C=C\CCCCCCCC(=O)OCC(COC(=O)CCCCCCCCCC/C=C\C/C=C\C/C=C\CCCCCCC)OC(=O)CCCCCCCCCCCCCCCCCCCCC. The van der Waals surface area contributed by atoms with Gasteiger partial charge in [-0.2, -0.15) is 0 Å². The largest absolute Gasteiger partial charge is 0.462 e. The Morgan fingerprint density at radius 1 is 0.278 bits per heavy atom. The highest BCUT2D eigenvalue weighted by Gasteiger charge is 2.19. The lowest BCUT2D eigenvalue weighted by molar-refractivity contribution is -0.167. The maximum atomic E-state index is 12.9. The molecule has 0 heterocycles. The van der Waals surface area contributed by atoms with Crippen LogP contribution in [-0.2, 0) is 28.6 Å². The molecule has 0 aliphatic carbocycles. The van der Waals surface area contributed by atoms with E-state index in [0.717, 1.165) is 83.5 Å². The zero-order valence-electron chi connectivity index (χ0n) is 48.2. The van der Waals surface area contributed by atoms with Crippen LogP contribution in [0.2, 0.25) is 0 Å². The van der Waals surface area contributed by atoms with Crippen molar-refractivity contribution in [1.29, 1.82) is 0 Å². The van der Waals surface area contributed by atoms with Crippen molar-refractivity contribution in [3.05, 3.63) is 48.6 Å².